The van der Waals surface area contributed by atoms with Crippen molar-refractivity contribution in [1.82, 2.24) is 0 Å². The molecule has 0 spiro atoms. The average Bonchev–Trinajstić information content (AvgIpc) is 2.86. The Morgan fingerprint density at radius 3 is 1.88 bits per heavy atom. The van der Waals surface area contributed by atoms with E-state index in [1.807, 2.05) is 48.5 Å². The van der Waals surface area contributed by atoms with Crippen LogP contribution in [0.3, 0.4) is 0 Å². The van der Waals surface area contributed by atoms with Gasteiger partial charge in [0.15, 0.2) is 0 Å². The number of carbonyl (C=O) groups is 2. The van der Waals surface area contributed by atoms with Crippen LogP contribution < -0.4 is 4.74 Å². The topological polar surface area (TPSA) is 72.8 Å². The number of rotatable bonds is 17. The summed E-state index contributed by atoms with van der Waals surface area (Å²) in [5, 5.41) is 8.62. The van der Waals surface area contributed by atoms with Gasteiger partial charge in [-0.1, -0.05) is 83.1 Å². The summed E-state index contributed by atoms with van der Waals surface area (Å²) in [6.45, 7) is 5.32. The SMILES string of the molecule is CCC(C)COC(=O)c1ccc(-c2ccc(OCCCCCCCCCCC(=O)O)cc2)cc1. The van der Waals surface area contributed by atoms with Crippen LogP contribution in [-0.4, -0.2) is 30.3 Å². The normalized spacial score (nSPS) is 11.7. The first-order chi connectivity index (χ1) is 16.5. The first-order valence-corrected chi connectivity index (χ1v) is 12.7. The summed E-state index contributed by atoms with van der Waals surface area (Å²) >= 11 is 0. The highest BCUT2D eigenvalue weighted by Gasteiger charge is 2.09. The van der Waals surface area contributed by atoms with Gasteiger partial charge in [0.25, 0.3) is 0 Å². The maximum Gasteiger partial charge on any atom is 0.338 e. The molecule has 0 aliphatic heterocycles. The van der Waals surface area contributed by atoms with E-state index in [4.69, 9.17) is 14.6 Å². The van der Waals surface area contributed by atoms with Gasteiger partial charge in [-0.3, -0.25) is 4.79 Å². The molecule has 1 N–H and O–H groups in total. The van der Waals surface area contributed by atoms with E-state index in [0.717, 1.165) is 55.4 Å². The van der Waals surface area contributed by atoms with Crippen LogP contribution in [0.5, 0.6) is 5.75 Å². The second kappa shape index (κ2) is 15.9. The Morgan fingerprint density at radius 1 is 0.794 bits per heavy atom. The molecule has 2 rings (SSSR count). The molecule has 1 atom stereocenters. The molecule has 0 radical (unpaired) electrons. The van der Waals surface area contributed by atoms with Crippen molar-refractivity contribution >= 4 is 11.9 Å². The molecule has 0 aliphatic rings. The van der Waals surface area contributed by atoms with Gasteiger partial charge in [0.2, 0.25) is 0 Å². The summed E-state index contributed by atoms with van der Waals surface area (Å²) in [5.74, 6) is 0.274. The molecule has 186 valence electrons. The monoisotopic (exact) mass is 468 g/mol. The molecule has 0 amide bonds. The number of ether oxygens (including phenoxy) is 2. The molecule has 0 saturated heterocycles. The van der Waals surface area contributed by atoms with Crippen LogP contribution in [-0.2, 0) is 9.53 Å². The second-order valence-corrected chi connectivity index (χ2v) is 9.03. The maximum atomic E-state index is 12.2. The van der Waals surface area contributed by atoms with Gasteiger partial charge < -0.3 is 14.6 Å². The van der Waals surface area contributed by atoms with E-state index in [2.05, 4.69) is 13.8 Å². The molecule has 5 heteroatoms. The van der Waals surface area contributed by atoms with E-state index in [1.165, 1.54) is 19.3 Å². The van der Waals surface area contributed by atoms with Crippen LogP contribution in [0.1, 0.15) is 88.4 Å². The van der Waals surface area contributed by atoms with Crippen molar-refractivity contribution in [3.63, 3.8) is 0 Å². The number of hydrogen-bond acceptors (Lipinski definition) is 4. The first-order valence-electron chi connectivity index (χ1n) is 12.7. The highest BCUT2D eigenvalue weighted by atomic mass is 16.5. The lowest BCUT2D eigenvalue weighted by Crippen LogP contribution is -2.11. The molecule has 0 fully saturated rings. The van der Waals surface area contributed by atoms with Gasteiger partial charge in [0, 0.05) is 6.42 Å². The van der Waals surface area contributed by atoms with E-state index in [9.17, 15) is 9.59 Å². The Bertz CT molecular complexity index is 842. The molecule has 5 nitrogen and oxygen atoms in total. The number of hydrogen-bond donors (Lipinski definition) is 1. The van der Waals surface area contributed by atoms with E-state index < -0.39 is 5.97 Å². The minimum atomic E-state index is -0.695. The molecule has 0 aromatic heterocycles. The van der Waals surface area contributed by atoms with Gasteiger partial charge in [0.1, 0.15) is 5.75 Å². The van der Waals surface area contributed by atoms with E-state index in [-0.39, 0.29) is 5.97 Å². The van der Waals surface area contributed by atoms with Crippen LogP contribution in [0.25, 0.3) is 11.1 Å². The van der Waals surface area contributed by atoms with Gasteiger partial charge >= 0.3 is 11.9 Å². The fraction of sp³-hybridized carbons (Fsp3) is 0.517. The predicted octanol–water partition coefficient (Wildman–Crippen LogP) is 7.53. The number of carboxylic acids is 1. The van der Waals surface area contributed by atoms with Crippen molar-refractivity contribution in [3.8, 4) is 16.9 Å². The van der Waals surface area contributed by atoms with Gasteiger partial charge in [-0.15, -0.1) is 0 Å². The summed E-state index contributed by atoms with van der Waals surface area (Å²) in [6, 6.07) is 15.6. The summed E-state index contributed by atoms with van der Waals surface area (Å²) < 4.78 is 11.2. The Kier molecular flexibility index (Phi) is 12.8. The van der Waals surface area contributed by atoms with Crippen LogP contribution in [0.4, 0.5) is 0 Å². The van der Waals surface area contributed by atoms with Gasteiger partial charge in [0.05, 0.1) is 18.8 Å². The van der Waals surface area contributed by atoms with Crippen LogP contribution >= 0.6 is 0 Å². The molecule has 2 aromatic rings. The van der Waals surface area contributed by atoms with Crippen molar-refractivity contribution in [3.05, 3.63) is 54.1 Å². The fourth-order valence-electron chi connectivity index (χ4n) is 3.59. The lowest BCUT2D eigenvalue weighted by atomic mass is 10.0. The lowest BCUT2D eigenvalue weighted by molar-refractivity contribution is -0.137. The number of carbonyl (C=O) groups excluding carboxylic acids is 1. The van der Waals surface area contributed by atoms with Gasteiger partial charge in [-0.2, -0.15) is 0 Å². The Balaban J connectivity index is 1.62. The van der Waals surface area contributed by atoms with Gasteiger partial charge in [-0.05, 0) is 54.2 Å². The zero-order valence-electron chi connectivity index (χ0n) is 20.8. The Hall–Kier alpha value is -2.82. The zero-order chi connectivity index (χ0) is 24.6. The second-order valence-electron chi connectivity index (χ2n) is 9.03. The molecule has 0 bridgehead atoms. The number of unbranched alkanes of at least 4 members (excludes halogenated alkanes) is 7. The van der Waals surface area contributed by atoms with Crippen molar-refractivity contribution in [2.75, 3.05) is 13.2 Å². The average molecular weight is 469 g/mol. The van der Waals surface area contributed by atoms with Crippen molar-refractivity contribution in [2.24, 2.45) is 5.92 Å². The minimum absolute atomic E-state index is 0.272. The number of aliphatic carboxylic acids is 1. The molecular weight excluding hydrogens is 428 g/mol. The third-order valence-corrected chi connectivity index (χ3v) is 6.06. The Morgan fingerprint density at radius 2 is 1.32 bits per heavy atom. The minimum Gasteiger partial charge on any atom is -0.494 e. The molecule has 1 unspecified atom stereocenters. The van der Waals surface area contributed by atoms with Crippen LogP contribution in [0, 0.1) is 5.92 Å². The van der Waals surface area contributed by atoms with E-state index in [1.54, 1.807) is 0 Å². The molecular formula is C29H40O5. The standard InChI is InChI=1S/C29H40O5/c1-3-23(2)22-34-29(32)26-15-13-24(14-16-26)25-17-19-27(20-18-25)33-21-11-9-7-5-4-6-8-10-12-28(30)31/h13-20,23H,3-12,21-22H2,1-2H3,(H,30,31). The molecule has 0 heterocycles. The third kappa shape index (κ3) is 10.9. The molecule has 2 aromatic carbocycles. The largest absolute Gasteiger partial charge is 0.494 e. The first kappa shape index (κ1) is 27.4. The van der Waals surface area contributed by atoms with Crippen LogP contribution in [0.15, 0.2) is 48.5 Å². The van der Waals surface area contributed by atoms with Crippen LogP contribution in [0.2, 0.25) is 0 Å². The van der Waals surface area contributed by atoms with E-state index >= 15 is 0 Å². The molecule has 0 saturated carbocycles. The number of carboxylic acid groups (broad SMARTS) is 1. The maximum absolute atomic E-state index is 12.2. The summed E-state index contributed by atoms with van der Waals surface area (Å²) in [6.07, 6.45) is 9.99. The third-order valence-electron chi connectivity index (χ3n) is 6.06. The zero-order valence-corrected chi connectivity index (χ0v) is 20.8. The molecule has 34 heavy (non-hydrogen) atoms. The number of benzene rings is 2. The number of esters is 1. The smallest absolute Gasteiger partial charge is 0.338 e. The highest BCUT2D eigenvalue weighted by molar-refractivity contribution is 5.90. The predicted molar refractivity (Wildman–Crippen MR) is 136 cm³/mol. The van der Waals surface area contributed by atoms with Crippen molar-refractivity contribution in [2.45, 2.75) is 78.1 Å². The van der Waals surface area contributed by atoms with Crippen molar-refractivity contribution in [1.29, 1.82) is 0 Å². The summed E-state index contributed by atoms with van der Waals surface area (Å²) in [5.41, 5.74) is 2.70. The quantitative estimate of drug-likeness (QED) is 0.192. The summed E-state index contributed by atoms with van der Waals surface area (Å²) in [7, 11) is 0. The van der Waals surface area contributed by atoms with E-state index in [0.29, 0.717) is 31.1 Å². The highest BCUT2D eigenvalue weighted by Crippen LogP contribution is 2.23. The fourth-order valence-corrected chi connectivity index (χ4v) is 3.59. The Labute approximate surface area is 204 Å². The van der Waals surface area contributed by atoms with Gasteiger partial charge in [-0.25, -0.2) is 4.79 Å². The summed E-state index contributed by atoms with van der Waals surface area (Å²) in [4.78, 5) is 22.6. The molecule has 0 aliphatic carbocycles. The van der Waals surface area contributed by atoms with Crippen molar-refractivity contribution < 1.29 is 24.2 Å². The lowest BCUT2D eigenvalue weighted by Gasteiger charge is -2.10.